The Bertz CT molecular complexity index is 407. The summed E-state index contributed by atoms with van der Waals surface area (Å²) in [6, 6.07) is 1.67. The van der Waals surface area contributed by atoms with Crippen LogP contribution in [0.3, 0.4) is 0 Å². The molecular formula is C12H18N4OS. The van der Waals surface area contributed by atoms with Crippen LogP contribution in [0.2, 0.25) is 0 Å². The zero-order valence-corrected chi connectivity index (χ0v) is 11.0. The third kappa shape index (κ3) is 3.36. The molecule has 0 spiro atoms. The minimum absolute atomic E-state index is 0.0939. The molecule has 18 heavy (non-hydrogen) atoms. The number of aromatic nitrogens is 1. The number of anilines is 1. The van der Waals surface area contributed by atoms with Crippen molar-refractivity contribution in [3.05, 3.63) is 24.0 Å². The van der Waals surface area contributed by atoms with Crippen molar-refractivity contribution < 1.29 is 4.79 Å². The van der Waals surface area contributed by atoms with Crippen molar-refractivity contribution in [3.8, 4) is 0 Å². The van der Waals surface area contributed by atoms with Gasteiger partial charge in [-0.15, -0.1) is 0 Å². The second-order valence-corrected chi connectivity index (χ2v) is 5.56. The van der Waals surface area contributed by atoms with Gasteiger partial charge in [-0.1, -0.05) is 0 Å². The predicted molar refractivity (Wildman–Crippen MR) is 74.4 cm³/mol. The molecule has 0 bridgehead atoms. The quantitative estimate of drug-likeness (QED) is 0.564. The van der Waals surface area contributed by atoms with E-state index in [0.29, 0.717) is 17.2 Å². The molecule has 1 saturated heterocycles. The van der Waals surface area contributed by atoms with Crippen LogP contribution in [0.15, 0.2) is 18.5 Å². The number of rotatable bonds is 4. The topological polar surface area (TPSA) is 80.0 Å². The lowest BCUT2D eigenvalue weighted by Crippen LogP contribution is -2.31. The monoisotopic (exact) mass is 266 g/mol. The van der Waals surface area contributed by atoms with E-state index in [4.69, 9.17) is 5.84 Å². The highest BCUT2D eigenvalue weighted by Gasteiger charge is 2.16. The molecule has 0 radical (unpaired) electrons. The predicted octanol–water partition coefficient (Wildman–Crippen LogP) is 1.24. The molecule has 0 aromatic carbocycles. The Morgan fingerprint density at radius 2 is 2.28 bits per heavy atom. The Morgan fingerprint density at radius 1 is 1.50 bits per heavy atom. The number of nitrogen functional groups attached to an aromatic ring is 1. The molecule has 4 N–H and O–H groups in total. The minimum Gasteiger partial charge on any atom is -0.352 e. The van der Waals surface area contributed by atoms with Gasteiger partial charge < -0.3 is 10.7 Å². The van der Waals surface area contributed by atoms with E-state index in [1.807, 2.05) is 11.8 Å². The first-order chi connectivity index (χ1) is 8.81. The van der Waals surface area contributed by atoms with Gasteiger partial charge in [-0.25, -0.2) is 0 Å². The molecule has 0 aliphatic carbocycles. The number of carbonyl (C=O) groups excluding carboxylic acids is 1. The van der Waals surface area contributed by atoms with Crippen molar-refractivity contribution in [1.82, 2.24) is 10.3 Å². The number of thioether (sulfide) groups is 1. The largest absolute Gasteiger partial charge is 0.352 e. The van der Waals surface area contributed by atoms with Crippen molar-refractivity contribution in [2.24, 2.45) is 11.8 Å². The van der Waals surface area contributed by atoms with Crippen LogP contribution in [0.5, 0.6) is 0 Å². The Hall–Kier alpha value is -1.27. The van der Waals surface area contributed by atoms with E-state index < -0.39 is 0 Å². The second-order valence-electron chi connectivity index (χ2n) is 4.33. The summed E-state index contributed by atoms with van der Waals surface area (Å²) in [5.74, 6) is 8.26. The van der Waals surface area contributed by atoms with E-state index in [9.17, 15) is 4.79 Å². The maximum atomic E-state index is 12.0. The molecule has 0 unspecified atom stereocenters. The van der Waals surface area contributed by atoms with E-state index in [-0.39, 0.29) is 5.91 Å². The molecule has 2 heterocycles. The Balaban J connectivity index is 1.90. The summed E-state index contributed by atoms with van der Waals surface area (Å²) in [5.41, 5.74) is 3.58. The van der Waals surface area contributed by atoms with Crippen molar-refractivity contribution in [2.75, 3.05) is 23.5 Å². The van der Waals surface area contributed by atoms with Crippen molar-refractivity contribution in [2.45, 2.75) is 12.8 Å². The van der Waals surface area contributed by atoms with Crippen LogP contribution < -0.4 is 16.6 Å². The zero-order valence-electron chi connectivity index (χ0n) is 10.2. The maximum absolute atomic E-state index is 12.0. The highest BCUT2D eigenvalue weighted by atomic mass is 32.2. The number of nitrogens with zero attached hydrogens (tertiary/aromatic N) is 1. The number of pyridine rings is 1. The lowest BCUT2D eigenvalue weighted by Gasteiger charge is -2.21. The standard InChI is InChI=1S/C12H18N4OS/c13-16-11-8-14-4-1-10(11)12(17)15-7-9-2-5-18-6-3-9/h1,4,8-9,16H,2-3,5-7,13H2,(H,15,17). The lowest BCUT2D eigenvalue weighted by molar-refractivity contribution is 0.0947. The number of hydrogen-bond acceptors (Lipinski definition) is 5. The molecule has 5 nitrogen and oxygen atoms in total. The normalized spacial score (nSPS) is 16.3. The zero-order chi connectivity index (χ0) is 12.8. The van der Waals surface area contributed by atoms with Gasteiger partial charge in [-0.3, -0.25) is 15.6 Å². The number of hydrazine groups is 1. The third-order valence-corrected chi connectivity index (χ3v) is 4.16. The Labute approximate surface area is 111 Å². The van der Waals surface area contributed by atoms with E-state index in [1.54, 1.807) is 18.5 Å². The highest BCUT2D eigenvalue weighted by molar-refractivity contribution is 7.99. The lowest BCUT2D eigenvalue weighted by atomic mass is 10.0. The molecule has 0 saturated carbocycles. The Morgan fingerprint density at radius 3 is 3.00 bits per heavy atom. The summed E-state index contributed by atoms with van der Waals surface area (Å²) in [7, 11) is 0. The molecule has 1 amide bonds. The van der Waals surface area contributed by atoms with Crippen LogP contribution in [0.25, 0.3) is 0 Å². The first-order valence-corrected chi connectivity index (χ1v) is 7.23. The van der Waals surface area contributed by atoms with E-state index >= 15 is 0 Å². The fraction of sp³-hybridized carbons (Fsp3) is 0.500. The summed E-state index contributed by atoms with van der Waals surface area (Å²) in [5, 5.41) is 2.97. The summed E-state index contributed by atoms with van der Waals surface area (Å²) in [6.07, 6.45) is 5.51. The second kappa shape index (κ2) is 6.61. The van der Waals surface area contributed by atoms with Gasteiger partial charge in [0.25, 0.3) is 5.91 Å². The van der Waals surface area contributed by atoms with Crippen LogP contribution in [0, 0.1) is 5.92 Å². The van der Waals surface area contributed by atoms with Gasteiger partial charge in [-0.05, 0) is 36.3 Å². The maximum Gasteiger partial charge on any atom is 0.253 e. The minimum atomic E-state index is -0.0939. The third-order valence-electron chi connectivity index (χ3n) is 3.11. The first-order valence-electron chi connectivity index (χ1n) is 6.08. The summed E-state index contributed by atoms with van der Waals surface area (Å²) in [4.78, 5) is 16.0. The van der Waals surface area contributed by atoms with Crippen LogP contribution in [0.1, 0.15) is 23.2 Å². The molecule has 2 rings (SSSR count). The number of amides is 1. The number of nitrogens with one attached hydrogen (secondary N) is 2. The smallest absolute Gasteiger partial charge is 0.253 e. The molecule has 0 atom stereocenters. The molecule has 98 valence electrons. The summed E-state index contributed by atoms with van der Waals surface area (Å²) >= 11 is 1.99. The van der Waals surface area contributed by atoms with Crippen LogP contribution in [0.4, 0.5) is 5.69 Å². The van der Waals surface area contributed by atoms with Crippen molar-refractivity contribution >= 4 is 23.4 Å². The number of hydrogen-bond donors (Lipinski definition) is 3. The number of nitrogens with two attached hydrogens (primary N) is 1. The van der Waals surface area contributed by atoms with Gasteiger partial charge in [0.15, 0.2) is 0 Å². The fourth-order valence-corrected chi connectivity index (χ4v) is 3.19. The average molecular weight is 266 g/mol. The summed E-state index contributed by atoms with van der Waals surface area (Å²) in [6.45, 7) is 0.742. The molecule has 1 aliphatic rings. The van der Waals surface area contributed by atoms with E-state index in [1.165, 1.54) is 24.3 Å². The Kier molecular flexibility index (Phi) is 4.83. The summed E-state index contributed by atoms with van der Waals surface area (Å²) < 4.78 is 0. The van der Waals surface area contributed by atoms with Crippen LogP contribution in [-0.2, 0) is 0 Å². The van der Waals surface area contributed by atoms with Crippen molar-refractivity contribution in [1.29, 1.82) is 0 Å². The molecule has 1 aliphatic heterocycles. The molecule has 6 heteroatoms. The fourth-order valence-electron chi connectivity index (χ4n) is 1.99. The van der Waals surface area contributed by atoms with Crippen molar-refractivity contribution in [3.63, 3.8) is 0 Å². The van der Waals surface area contributed by atoms with Crippen LogP contribution in [-0.4, -0.2) is 28.9 Å². The van der Waals surface area contributed by atoms with Gasteiger partial charge in [0, 0.05) is 12.7 Å². The van der Waals surface area contributed by atoms with E-state index in [2.05, 4.69) is 15.7 Å². The first kappa shape index (κ1) is 13.2. The van der Waals surface area contributed by atoms with Gasteiger partial charge >= 0.3 is 0 Å². The molecular weight excluding hydrogens is 248 g/mol. The van der Waals surface area contributed by atoms with Gasteiger partial charge in [0.05, 0.1) is 17.4 Å². The molecule has 1 fully saturated rings. The highest BCUT2D eigenvalue weighted by Crippen LogP contribution is 2.22. The molecule has 1 aromatic rings. The molecule has 1 aromatic heterocycles. The van der Waals surface area contributed by atoms with Gasteiger partial charge in [-0.2, -0.15) is 11.8 Å². The van der Waals surface area contributed by atoms with Gasteiger partial charge in [0.2, 0.25) is 0 Å². The SMILES string of the molecule is NNc1cnccc1C(=O)NCC1CCSCC1. The number of carbonyl (C=O) groups is 1. The average Bonchev–Trinajstić information content (AvgIpc) is 2.45. The van der Waals surface area contributed by atoms with E-state index in [0.717, 1.165) is 6.54 Å². The van der Waals surface area contributed by atoms with Gasteiger partial charge in [0.1, 0.15) is 0 Å². The van der Waals surface area contributed by atoms with Crippen LogP contribution >= 0.6 is 11.8 Å².